The van der Waals surface area contributed by atoms with E-state index in [9.17, 15) is 0 Å². The summed E-state index contributed by atoms with van der Waals surface area (Å²) in [5.41, 5.74) is 14.8. The van der Waals surface area contributed by atoms with E-state index < -0.39 is 0 Å². The number of aryl methyl sites for hydroxylation is 1. The summed E-state index contributed by atoms with van der Waals surface area (Å²) in [6.07, 6.45) is 5.01. The first-order chi connectivity index (χ1) is 14.6. The third kappa shape index (κ3) is 3.42. The third-order valence-corrected chi connectivity index (χ3v) is 6.05. The Bertz CT molecular complexity index is 1100. The lowest BCUT2D eigenvalue weighted by atomic mass is 9.93. The Morgan fingerprint density at radius 3 is 2.77 bits per heavy atom. The van der Waals surface area contributed by atoms with Crippen LogP contribution in [0, 0.1) is 0 Å². The normalized spacial score (nSPS) is 18.0. The molecule has 3 aromatic rings. The van der Waals surface area contributed by atoms with Crippen LogP contribution in [0.1, 0.15) is 37.4 Å². The molecule has 154 valence electrons. The van der Waals surface area contributed by atoms with Crippen LogP contribution >= 0.6 is 11.6 Å². The second kappa shape index (κ2) is 7.70. The van der Waals surface area contributed by atoms with Gasteiger partial charge in [0.1, 0.15) is 0 Å². The number of allylic oxidation sites excluding steroid dienone is 1. The molecule has 3 N–H and O–H groups in total. The molecule has 0 aliphatic carbocycles. The monoisotopic (exact) mass is 420 g/mol. The molecular formula is C23H25ClN6. The first-order valence-electron chi connectivity index (χ1n) is 10.3. The van der Waals surface area contributed by atoms with E-state index in [1.165, 1.54) is 22.4 Å². The fourth-order valence-corrected chi connectivity index (χ4v) is 4.35. The molecule has 0 fully saturated rings. The Labute approximate surface area is 181 Å². The molecule has 2 aromatic carbocycles. The molecular weight excluding hydrogens is 396 g/mol. The number of hydrogen-bond acceptors (Lipinski definition) is 5. The number of halogens is 1. The zero-order valence-electron chi connectivity index (χ0n) is 17.1. The third-order valence-electron chi connectivity index (χ3n) is 5.80. The largest absolute Gasteiger partial charge is 0.378 e. The SMILES string of the molecule is CCn1cc(-c2ccc3c(c2)C(Nc2ccc(Cl)cc2)CCN2NNC(C)=C32)cn1. The smallest absolute Gasteiger partial charge is 0.0814 e. The van der Waals surface area contributed by atoms with Gasteiger partial charge in [-0.3, -0.25) is 9.69 Å². The van der Waals surface area contributed by atoms with Crippen molar-refractivity contribution in [3.05, 3.63) is 76.7 Å². The van der Waals surface area contributed by atoms with E-state index >= 15 is 0 Å². The standard InChI is InChI=1S/C23H25ClN6/c1-3-29-14-17(13-25-29)16-4-9-20-21(12-16)22(26-19-7-5-18(24)6-8-19)10-11-30-23(20)15(2)27-28-30/h4-9,12-14,22,26-28H,3,10-11H2,1-2H3. The van der Waals surface area contributed by atoms with Crippen LogP contribution in [-0.4, -0.2) is 21.3 Å². The number of aromatic nitrogens is 2. The molecule has 0 saturated carbocycles. The Morgan fingerprint density at radius 2 is 2.00 bits per heavy atom. The van der Waals surface area contributed by atoms with Crippen molar-refractivity contribution in [2.45, 2.75) is 32.9 Å². The summed E-state index contributed by atoms with van der Waals surface area (Å²) in [4.78, 5) is 0. The molecule has 1 atom stereocenters. The van der Waals surface area contributed by atoms with E-state index in [0.29, 0.717) is 0 Å². The Kier molecular flexibility index (Phi) is 4.89. The molecule has 3 heterocycles. The molecule has 1 aromatic heterocycles. The molecule has 0 radical (unpaired) electrons. The zero-order valence-corrected chi connectivity index (χ0v) is 17.9. The number of anilines is 1. The van der Waals surface area contributed by atoms with Gasteiger partial charge in [-0.2, -0.15) is 5.10 Å². The van der Waals surface area contributed by atoms with Crippen LogP contribution in [0.2, 0.25) is 5.02 Å². The highest BCUT2D eigenvalue weighted by Gasteiger charge is 2.30. The predicted molar refractivity (Wildman–Crippen MR) is 121 cm³/mol. The van der Waals surface area contributed by atoms with Crippen LogP contribution in [0.4, 0.5) is 5.69 Å². The highest BCUT2D eigenvalue weighted by atomic mass is 35.5. The number of hydrogen-bond donors (Lipinski definition) is 3. The van der Waals surface area contributed by atoms with E-state index in [2.05, 4.69) is 64.6 Å². The molecule has 6 nitrogen and oxygen atoms in total. The van der Waals surface area contributed by atoms with Crippen molar-refractivity contribution in [2.75, 3.05) is 11.9 Å². The van der Waals surface area contributed by atoms with Gasteiger partial charge in [0.15, 0.2) is 0 Å². The first-order valence-corrected chi connectivity index (χ1v) is 10.7. The minimum Gasteiger partial charge on any atom is -0.378 e. The number of fused-ring (bicyclic) bond motifs is 3. The van der Waals surface area contributed by atoms with Crippen molar-refractivity contribution in [3.8, 4) is 11.1 Å². The Morgan fingerprint density at radius 1 is 1.17 bits per heavy atom. The van der Waals surface area contributed by atoms with Gasteiger partial charge in [0.2, 0.25) is 0 Å². The fraction of sp³-hybridized carbons (Fsp3) is 0.261. The van der Waals surface area contributed by atoms with Gasteiger partial charge in [0.05, 0.1) is 23.6 Å². The van der Waals surface area contributed by atoms with Gasteiger partial charge in [-0.15, -0.1) is 5.53 Å². The van der Waals surface area contributed by atoms with E-state index in [-0.39, 0.29) is 6.04 Å². The van der Waals surface area contributed by atoms with Crippen molar-refractivity contribution in [2.24, 2.45) is 0 Å². The number of rotatable bonds is 4. The molecule has 7 heteroatoms. The molecule has 30 heavy (non-hydrogen) atoms. The van der Waals surface area contributed by atoms with Crippen molar-refractivity contribution in [1.29, 1.82) is 0 Å². The maximum absolute atomic E-state index is 6.08. The minimum atomic E-state index is 0.176. The van der Waals surface area contributed by atoms with Gasteiger partial charge in [-0.05, 0) is 61.7 Å². The Balaban J connectivity index is 1.59. The van der Waals surface area contributed by atoms with Crippen molar-refractivity contribution < 1.29 is 0 Å². The minimum absolute atomic E-state index is 0.176. The molecule has 2 aliphatic heterocycles. The van der Waals surface area contributed by atoms with E-state index in [0.717, 1.165) is 41.5 Å². The lowest BCUT2D eigenvalue weighted by Crippen LogP contribution is -2.37. The average molecular weight is 421 g/mol. The van der Waals surface area contributed by atoms with Crippen LogP contribution in [-0.2, 0) is 6.54 Å². The molecule has 0 saturated heterocycles. The first kappa shape index (κ1) is 19.0. The van der Waals surface area contributed by atoms with Crippen molar-refractivity contribution >= 4 is 23.0 Å². The van der Waals surface area contributed by atoms with E-state index in [4.69, 9.17) is 11.6 Å². The lowest BCUT2D eigenvalue weighted by molar-refractivity contribution is 0.281. The Hall–Kier alpha value is -2.96. The predicted octanol–water partition coefficient (Wildman–Crippen LogP) is 4.79. The highest BCUT2D eigenvalue weighted by molar-refractivity contribution is 6.30. The van der Waals surface area contributed by atoms with Crippen molar-refractivity contribution in [1.82, 2.24) is 25.7 Å². The summed E-state index contributed by atoms with van der Waals surface area (Å²) in [6, 6.07) is 14.8. The molecule has 2 aliphatic rings. The topological polar surface area (TPSA) is 57.2 Å². The number of benzene rings is 2. The second-order valence-corrected chi connectivity index (χ2v) is 8.18. The molecule has 0 spiro atoms. The van der Waals surface area contributed by atoms with Gasteiger partial charge < -0.3 is 10.7 Å². The van der Waals surface area contributed by atoms with Gasteiger partial charge >= 0.3 is 0 Å². The maximum atomic E-state index is 6.08. The number of hydrazine groups is 2. The summed E-state index contributed by atoms with van der Waals surface area (Å²) < 4.78 is 1.96. The van der Waals surface area contributed by atoms with Crippen LogP contribution < -0.4 is 16.3 Å². The molecule has 0 bridgehead atoms. The summed E-state index contributed by atoms with van der Waals surface area (Å²) in [6.45, 7) is 5.97. The van der Waals surface area contributed by atoms with E-state index in [1.807, 2.05) is 35.1 Å². The molecule has 0 amide bonds. The van der Waals surface area contributed by atoms with Gasteiger partial charge in [-0.1, -0.05) is 23.7 Å². The van der Waals surface area contributed by atoms with Gasteiger partial charge in [-0.25, -0.2) is 0 Å². The van der Waals surface area contributed by atoms with Crippen molar-refractivity contribution in [3.63, 3.8) is 0 Å². The fourth-order valence-electron chi connectivity index (χ4n) is 4.23. The number of nitrogens with zero attached hydrogens (tertiary/aromatic N) is 3. The molecule has 1 unspecified atom stereocenters. The summed E-state index contributed by atoms with van der Waals surface area (Å²) >= 11 is 6.08. The summed E-state index contributed by atoms with van der Waals surface area (Å²) in [5.74, 6) is 0. The van der Waals surface area contributed by atoms with Crippen LogP contribution in [0.5, 0.6) is 0 Å². The van der Waals surface area contributed by atoms with Gasteiger partial charge in [0, 0.05) is 41.1 Å². The zero-order chi connectivity index (χ0) is 20.7. The van der Waals surface area contributed by atoms with Crippen LogP contribution in [0.25, 0.3) is 16.8 Å². The van der Waals surface area contributed by atoms with Gasteiger partial charge in [0.25, 0.3) is 0 Å². The summed E-state index contributed by atoms with van der Waals surface area (Å²) in [5, 5.41) is 11.1. The summed E-state index contributed by atoms with van der Waals surface area (Å²) in [7, 11) is 0. The average Bonchev–Trinajstić information content (AvgIpc) is 3.35. The highest BCUT2D eigenvalue weighted by Crippen LogP contribution is 2.39. The quantitative estimate of drug-likeness (QED) is 0.566. The molecule has 5 rings (SSSR count). The number of nitrogens with one attached hydrogen (secondary N) is 3. The second-order valence-electron chi connectivity index (χ2n) is 7.74. The maximum Gasteiger partial charge on any atom is 0.0814 e. The van der Waals surface area contributed by atoms with E-state index in [1.54, 1.807) is 0 Å². The lowest BCUT2D eigenvalue weighted by Gasteiger charge is -2.21. The van der Waals surface area contributed by atoms with Crippen LogP contribution in [0.15, 0.2) is 60.6 Å². The van der Waals surface area contributed by atoms with Crippen LogP contribution in [0.3, 0.4) is 0 Å².